The maximum atomic E-state index is 14.2. The first-order chi connectivity index (χ1) is 10.1. The predicted octanol–water partition coefficient (Wildman–Crippen LogP) is 3.17. The number of rotatable bonds is 4. The highest BCUT2D eigenvalue weighted by Crippen LogP contribution is 2.36. The zero-order valence-electron chi connectivity index (χ0n) is 10.9. The summed E-state index contributed by atoms with van der Waals surface area (Å²) in [4.78, 5) is 15.0. The molecule has 0 amide bonds. The number of halogens is 2. The van der Waals surface area contributed by atoms with Crippen molar-refractivity contribution in [2.75, 3.05) is 17.3 Å². The van der Waals surface area contributed by atoms with Crippen LogP contribution in [-0.4, -0.2) is 37.9 Å². The summed E-state index contributed by atoms with van der Waals surface area (Å²) in [5.41, 5.74) is 0.495. The number of hydrogen-bond donors (Lipinski definition) is 1. The van der Waals surface area contributed by atoms with Crippen molar-refractivity contribution >= 4 is 40.5 Å². The molecule has 3 rings (SSSR count). The van der Waals surface area contributed by atoms with Crippen LogP contribution in [0.1, 0.15) is 12.5 Å². The summed E-state index contributed by atoms with van der Waals surface area (Å²) in [7, 11) is 0. The third-order valence-electron chi connectivity index (χ3n) is 3.31. The number of thioether (sulfide) groups is 2. The number of carboxylic acids is 1. The molecule has 1 aromatic carbocycles. The molecule has 1 saturated heterocycles. The Hall–Kier alpha value is -1.28. The Morgan fingerprint density at radius 3 is 3.00 bits per heavy atom. The molecule has 0 aliphatic carbocycles. The minimum atomic E-state index is -0.967. The van der Waals surface area contributed by atoms with Crippen LogP contribution < -0.4 is 0 Å². The summed E-state index contributed by atoms with van der Waals surface area (Å²) < 4.78 is 29.3. The molecule has 2 aromatic rings. The molecule has 0 saturated carbocycles. The first-order valence-electron chi connectivity index (χ1n) is 6.36. The Morgan fingerprint density at radius 1 is 1.52 bits per heavy atom. The number of benzene rings is 1. The lowest BCUT2D eigenvalue weighted by Crippen LogP contribution is -2.11. The van der Waals surface area contributed by atoms with Crippen LogP contribution in [0.4, 0.5) is 8.78 Å². The van der Waals surface area contributed by atoms with Crippen LogP contribution in [0.25, 0.3) is 11.0 Å². The lowest BCUT2D eigenvalue weighted by molar-refractivity contribution is -0.133. The van der Waals surface area contributed by atoms with Crippen molar-refractivity contribution in [3.8, 4) is 0 Å². The lowest BCUT2D eigenvalue weighted by Gasteiger charge is -2.15. The Balaban J connectivity index is 2.14. The van der Waals surface area contributed by atoms with Gasteiger partial charge >= 0.3 is 5.97 Å². The zero-order chi connectivity index (χ0) is 15.0. The number of carboxylic acid groups (broad SMARTS) is 1. The van der Waals surface area contributed by atoms with Crippen molar-refractivity contribution in [3.63, 3.8) is 0 Å². The van der Waals surface area contributed by atoms with Crippen molar-refractivity contribution in [1.82, 2.24) is 9.55 Å². The normalized spacial score (nSPS) is 18.5. The summed E-state index contributed by atoms with van der Waals surface area (Å²) >= 11 is 2.78. The van der Waals surface area contributed by atoms with Gasteiger partial charge in [-0.15, -0.1) is 0 Å². The average molecular weight is 330 g/mol. The van der Waals surface area contributed by atoms with Crippen LogP contribution in [0.3, 0.4) is 0 Å². The number of hydrogen-bond acceptors (Lipinski definition) is 4. The molecule has 1 atom stereocenters. The highest BCUT2D eigenvalue weighted by atomic mass is 32.2. The van der Waals surface area contributed by atoms with Gasteiger partial charge in [0, 0.05) is 11.8 Å². The molecule has 1 aromatic heterocycles. The van der Waals surface area contributed by atoms with Crippen molar-refractivity contribution in [3.05, 3.63) is 23.8 Å². The second-order valence-electron chi connectivity index (χ2n) is 4.69. The first-order valence-corrected chi connectivity index (χ1v) is 8.50. The number of imidazole rings is 1. The molecule has 0 radical (unpaired) electrons. The van der Waals surface area contributed by atoms with E-state index in [1.807, 2.05) is 0 Å². The van der Waals surface area contributed by atoms with Crippen LogP contribution in [0, 0.1) is 11.6 Å². The Morgan fingerprint density at radius 2 is 2.33 bits per heavy atom. The second-order valence-corrected chi connectivity index (χ2v) is 6.79. The van der Waals surface area contributed by atoms with E-state index in [2.05, 4.69) is 4.98 Å². The quantitative estimate of drug-likeness (QED) is 0.873. The largest absolute Gasteiger partial charge is 0.481 e. The van der Waals surface area contributed by atoms with Gasteiger partial charge in [0.25, 0.3) is 0 Å². The highest BCUT2D eigenvalue weighted by molar-refractivity contribution is 8.00. The van der Waals surface area contributed by atoms with Gasteiger partial charge in [-0.2, -0.15) is 11.8 Å². The fraction of sp³-hybridized carbons (Fsp3) is 0.385. The maximum absolute atomic E-state index is 14.2. The van der Waals surface area contributed by atoms with E-state index in [-0.39, 0.29) is 17.3 Å². The first kappa shape index (κ1) is 14.6. The van der Waals surface area contributed by atoms with Gasteiger partial charge in [-0.25, -0.2) is 13.8 Å². The molecule has 1 unspecified atom stereocenters. The monoisotopic (exact) mass is 330 g/mol. The number of nitrogens with zero attached hydrogens (tertiary/aromatic N) is 2. The van der Waals surface area contributed by atoms with Gasteiger partial charge in [0.05, 0.1) is 11.3 Å². The summed E-state index contributed by atoms with van der Waals surface area (Å²) in [5, 5.41) is 9.24. The standard InChI is InChI=1S/C13H12F2N2O2S2/c14-8-1-2-9-12(11(8)15)17(7-3-4-20-5-7)13(16-9)21-6-10(18)19/h1-2,7H,3-6H2,(H,18,19). The minimum Gasteiger partial charge on any atom is -0.481 e. The van der Waals surface area contributed by atoms with Crippen LogP contribution >= 0.6 is 23.5 Å². The zero-order valence-corrected chi connectivity index (χ0v) is 12.5. The minimum absolute atomic E-state index is 0.0209. The average Bonchev–Trinajstić information content (AvgIpc) is 3.07. The van der Waals surface area contributed by atoms with Crippen molar-refractivity contribution in [2.24, 2.45) is 0 Å². The van der Waals surface area contributed by atoms with Crippen LogP contribution in [0.2, 0.25) is 0 Å². The molecule has 112 valence electrons. The fourth-order valence-electron chi connectivity index (χ4n) is 2.39. The van der Waals surface area contributed by atoms with E-state index in [1.165, 1.54) is 6.07 Å². The van der Waals surface area contributed by atoms with Crippen molar-refractivity contribution in [2.45, 2.75) is 17.6 Å². The fourth-order valence-corrected chi connectivity index (χ4v) is 4.38. The summed E-state index contributed by atoms with van der Waals surface area (Å²) in [6, 6.07) is 2.49. The Bertz CT molecular complexity index is 699. The SMILES string of the molecule is O=C(O)CSc1nc2ccc(F)c(F)c2n1C1CCSC1. The van der Waals surface area contributed by atoms with Gasteiger partial charge in [-0.3, -0.25) is 4.79 Å². The Kier molecular flexibility index (Phi) is 4.08. The van der Waals surface area contributed by atoms with E-state index in [4.69, 9.17) is 5.11 Å². The smallest absolute Gasteiger partial charge is 0.313 e. The molecule has 21 heavy (non-hydrogen) atoms. The van der Waals surface area contributed by atoms with E-state index in [0.717, 1.165) is 35.8 Å². The summed E-state index contributed by atoms with van der Waals surface area (Å²) in [5.74, 6) is -1.21. The van der Waals surface area contributed by atoms with E-state index in [9.17, 15) is 13.6 Å². The van der Waals surface area contributed by atoms with Gasteiger partial charge in [-0.1, -0.05) is 11.8 Å². The molecule has 1 N–H and O–H groups in total. The second kappa shape index (κ2) is 5.84. The molecule has 8 heteroatoms. The molecule has 0 spiro atoms. The highest BCUT2D eigenvalue weighted by Gasteiger charge is 2.26. The molecule has 1 fully saturated rings. The molecular weight excluding hydrogens is 318 g/mol. The summed E-state index contributed by atoms with van der Waals surface area (Å²) in [6.45, 7) is 0. The van der Waals surface area contributed by atoms with Gasteiger partial charge in [-0.05, 0) is 24.3 Å². The van der Waals surface area contributed by atoms with Gasteiger partial charge < -0.3 is 9.67 Å². The molecule has 1 aliphatic heterocycles. The molecule has 1 aliphatic rings. The molecular formula is C13H12F2N2O2S2. The maximum Gasteiger partial charge on any atom is 0.313 e. The number of aromatic nitrogens is 2. The van der Waals surface area contributed by atoms with Crippen LogP contribution in [0.5, 0.6) is 0 Å². The van der Waals surface area contributed by atoms with E-state index >= 15 is 0 Å². The van der Waals surface area contributed by atoms with E-state index in [0.29, 0.717) is 10.7 Å². The van der Waals surface area contributed by atoms with Gasteiger partial charge in [0.15, 0.2) is 16.8 Å². The van der Waals surface area contributed by atoms with Crippen LogP contribution in [-0.2, 0) is 4.79 Å². The third-order valence-corrected chi connectivity index (χ3v) is 5.39. The molecule has 2 heterocycles. The summed E-state index contributed by atoms with van der Waals surface area (Å²) in [6.07, 6.45) is 0.840. The molecule has 4 nitrogen and oxygen atoms in total. The van der Waals surface area contributed by atoms with E-state index < -0.39 is 17.6 Å². The number of carbonyl (C=O) groups is 1. The topological polar surface area (TPSA) is 55.1 Å². The van der Waals surface area contributed by atoms with Crippen molar-refractivity contribution < 1.29 is 18.7 Å². The predicted molar refractivity (Wildman–Crippen MR) is 79.0 cm³/mol. The van der Waals surface area contributed by atoms with Crippen molar-refractivity contribution in [1.29, 1.82) is 0 Å². The van der Waals surface area contributed by atoms with Gasteiger partial charge in [0.1, 0.15) is 5.52 Å². The number of fused-ring (bicyclic) bond motifs is 1. The Labute approximate surface area is 127 Å². The third kappa shape index (κ3) is 2.74. The molecule has 0 bridgehead atoms. The van der Waals surface area contributed by atoms with Gasteiger partial charge in [0.2, 0.25) is 0 Å². The number of aliphatic carboxylic acids is 1. The lowest BCUT2D eigenvalue weighted by atomic mass is 10.2. The van der Waals surface area contributed by atoms with Crippen LogP contribution in [0.15, 0.2) is 17.3 Å². The van der Waals surface area contributed by atoms with E-state index in [1.54, 1.807) is 16.3 Å².